The highest BCUT2D eigenvalue weighted by Crippen LogP contribution is 2.43. The maximum Gasteiger partial charge on any atom is 0.326 e. The van der Waals surface area contributed by atoms with Gasteiger partial charge < -0.3 is 10.6 Å². The van der Waals surface area contributed by atoms with E-state index in [0.29, 0.717) is 19.1 Å². The number of amides is 4. The van der Waals surface area contributed by atoms with E-state index in [4.69, 9.17) is 0 Å². The third-order valence-electron chi connectivity index (χ3n) is 6.93. The number of nitrogens with zero attached hydrogens (tertiary/aromatic N) is 3. The lowest BCUT2D eigenvalue weighted by Crippen LogP contribution is -2.54. The highest BCUT2D eigenvalue weighted by molar-refractivity contribution is 6.07. The number of carbonyl (C=O) groups is 3. The van der Waals surface area contributed by atoms with Crippen molar-refractivity contribution in [1.82, 2.24) is 25.3 Å². The first-order valence-electron chi connectivity index (χ1n) is 11.4. The summed E-state index contributed by atoms with van der Waals surface area (Å²) in [6.07, 6.45) is 3.41. The van der Waals surface area contributed by atoms with Crippen LogP contribution in [-0.4, -0.2) is 83.5 Å². The van der Waals surface area contributed by atoms with Crippen LogP contribution in [0, 0.1) is 11.3 Å². The highest BCUT2D eigenvalue weighted by atomic mass is 16.2. The smallest absolute Gasteiger partial charge is 0.326 e. The van der Waals surface area contributed by atoms with Gasteiger partial charge in [0.1, 0.15) is 5.54 Å². The lowest BCUT2D eigenvalue weighted by Gasteiger charge is -2.41. The molecule has 0 aromatic heterocycles. The molecule has 30 heavy (non-hydrogen) atoms. The second kappa shape index (κ2) is 8.83. The molecule has 0 radical (unpaired) electrons. The van der Waals surface area contributed by atoms with Gasteiger partial charge in [-0.1, -0.05) is 20.8 Å². The van der Waals surface area contributed by atoms with Gasteiger partial charge in [0.2, 0.25) is 5.91 Å². The summed E-state index contributed by atoms with van der Waals surface area (Å²) in [5.74, 6) is 0.571. The summed E-state index contributed by atoms with van der Waals surface area (Å²) in [4.78, 5) is 43.4. The average Bonchev–Trinajstić information content (AvgIpc) is 2.86. The first-order valence-corrected chi connectivity index (χ1v) is 11.4. The summed E-state index contributed by atoms with van der Waals surface area (Å²) in [6, 6.07) is -0.114. The Morgan fingerprint density at radius 2 is 1.67 bits per heavy atom. The van der Waals surface area contributed by atoms with Crippen LogP contribution in [-0.2, 0) is 9.59 Å². The predicted octanol–water partition coefficient (Wildman–Crippen LogP) is 1.61. The topological polar surface area (TPSA) is 85.0 Å². The number of rotatable bonds is 5. The third-order valence-corrected chi connectivity index (χ3v) is 6.93. The summed E-state index contributed by atoms with van der Waals surface area (Å²) >= 11 is 0. The molecule has 3 aliphatic rings. The standard InChI is InChI=1S/C22H39N5O3/c1-16(2)23-18(28)14-25-10-12-26(13-11-25)15-27-19(29)22(24-20(27)30)8-6-17(7-9-22)21(3,4)5/h16-17H,6-15H2,1-5H3,(H,23,28)(H,24,30). The van der Waals surface area contributed by atoms with E-state index in [2.05, 4.69) is 41.2 Å². The molecule has 4 amide bonds. The van der Waals surface area contributed by atoms with Gasteiger partial charge in [0.05, 0.1) is 13.2 Å². The van der Waals surface area contributed by atoms with Crippen LogP contribution in [0.3, 0.4) is 0 Å². The van der Waals surface area contributed by atoms with E-state index in [0.717, 1.165) is 51.9 Å². The molecule has 3 fully saturated rings. The molecule has 8 nitrogen and oxygen atoms in total. The number of hydrogen-bond donors (Lipinski definition) is 2. The number of hydrogen-bond acceptors (Lipinski definition) is 5. The van der Waals surface area contributed by atoms with E-state index >= 15 is 0 Å². The minimum atomic E-state index is -0.699. The average molecular weight is 422 g/mol. The number of carbonyl (C=O) groups excluding carboxylic acids is 3. The molecule has 1 saturated carbocycles. The van der Waals surface area contributed by atoms with Crippen molar-refractivity contribution in [3.8, 4) is 0 Å². The van der Waals surface area contributed by atoms with Gasteiger partial charge >= 0.3 is 6.03 Å². The van der Waals surface area contributed by atoms with E-state index in [1.165, 1.54) is 4.90 Å². The molecule has 2 aliphatic heterocycles. The van der Waals surface area contributed by atoms with Crippen molar-refractivity contribution < 1.29 is 14.4 Å². The first-order chi connectivity index (χ1) is 14.0. The van der Waals surface area contributed by atoms with Crippen molar-refractivity contribution >= 4 is 17.8 Å². The summed E-state index contributed by atoms with van der Waals surface area (Å²) in [5, 5.41) is 5.95. The monoisotopic (exact) mass is 421 g/mol. The van der Waals surface area contributed by atoms with E-state index < -0.39 is 5.54 Å². The van der Waals surface area contributed by atoms with Crippen LogP contribution in [0.4, 0.5) is 4.79 Å². The summed E-state index contributed by atoms with van der Waals surface area (Å²) in [6.45, 7) is 14.4. The van der Waals surface area contributed by atoms with Gasteiger partial charge in [-0.05, 0) is 50.9 Å². The Hall–Kier alpha value is -1.67. The molecule has 2 saturated heterocycles. The summed E-state index contributed by atoms with van der Waals surface area (Å²) < 4.78 is 0. The molecule has 0 atom stereocenters. The first kappa shape index (κ1) is 23.0. The second-order valence-corrected chi connectivity index (χ2v) is 10.6. The fourth-order valence-corrected chi connectivity index (χ4v) is 4.98. The van der Waals surface area contributed by atoms with Gasteiger partial charge in [-0.15, -0.1) is 0 Å². The summed E-state index contributed by atoms with van der Waals surface area (Å²) in [5.41, 5.74) is -0.464. The molecule has 0 unspecified atom stereocenters. The van der Waals surface area contributed by atoms with Crippen molar-refractivity contribution in [2.24, 2.45) is 11.3 Å². The molecule has 1 aliphatic carbocycles. The fraction of sp³-hybridized carbons (Fsp3) is 0.864. The zero-order chi connectivity index (χ0) is 22.1. The molecular weight excluding hydrogens is 382 g/mol. The van der Waals surface area contributed by atoms with Gasteiger partial charge in [-0.25, -0.2) is 9.69 Å². The van der Waals surface area contributed by atoms with Gasteiger partial charge in [0.25, 0.3) is 5.91 Å². The minimum absolute atomic E-state index is 0.0420. The van der Waals surface area contributed by atoms with Gasteiger partial charge in [-0.3, -0.25) is 19.4 Å². The summed E-state index contributed by atoms with van der Waals surface area (Å²) in [7, 11) is 0. The Morgan fingerprint density at radius 1 is 1.10 bits per heavy atom. The predicted molar refractivity (Wildman–Crippen MR) is 116 cm³/mol. The Kier molecular flexibility index (Phi) is 6.77. The number of urea groups is 1. The SMILES string of the molecule is CC(C)NC(=O)CN1CCN(CN2C(=O)NC3(CCC(C(C)(C)C)CC3)C2=O)CC1. The molecule has 0 aromatic rings. The largest absolute Gasteiger partial charge is 0.353 e. The third kappa shape index (κ3) is 5.14. The van der Waals surface area contributed by atoms with Gasteiger partial charge in [0.15, 0.2) is 0 Å². The maximum atomic E-state index is 13.2. The van der Waals surface area contributed by atoms with Gasteiger partial charge in [0, 0.05) is 32.2 Å². The fourth-order valence-electron chi connectivity index (χ4n) is 4.98. The Morgan fingerprint density at radius 3 is 2.20 bits per heavy atom. The second-order valence-electron chi connectivity index (χ2n) is 10.6. The highest BCUT2D eigenvalue weighted by Gasteiger charge is 2.53. The molecule has 2 heterocycles. The van der Waals surface area contributed by atoms with E-state index in [-0.39, 0.29) is 29.3 Å². The van der Waals surface area contributed by atoms with Crippen LogP contribution in [0.1, 0.15) is 60.3 Å². The Bertz CT molecular complexity index is 656. The number of imide groups is 1. The van der Waals surface area contributed by atoms with Crippen molar-refractivity contribution in [1.29, 1.82) is 0 Å². The lowest BCUT2D eigenvalue weighted by atomic mass is 9.67. The van der Waals surface area contributed by atoms with Crippen molar-refractivity contribution in [2.45, 2.75) is 71.9 Å². The Labute approximate surface area is 180 Å². The molecule has 1 spiro atoms. The minimum Gasteiger partial charge on any atom is -0.353 e. The molecule has 2 N–H and O–H groups in total. The molecule has 170 valence electrons. The molecular formula is C22H39N5O3. The molecule has 3 rings (SSSR count). The van der Waals surface area contributed by atoms with Crippen molar-refractivity contribution in [3.05, 3.63) is 0 Å². The van der Waals surface area contributed by atoms with Crippen LogP contribution >= 0.6 is 0 Å². The zero-order valence-corrected chi connectivity index (χ0v) is 19.3. The van der Waals surface area contributed by atoms with Crippen LogP contribution in [0.25, 0.3) is 0 Å². The number of nitrogens with one attached hydrogen (secondary N) is 2. The molecule has 0 aromatic carbocycles. The maximum absolute atomic E-state index is 13.2. The zero-order valence-electron chi connectivity index (χ0n) is 19.3. The van der Waals surface area contributed by atoms with Gasteiger partial charge in [-0.2, -0.15) is 0 Å². The lowest BCUT2D eigenvalue weighted by molar-refractivity contribution is -0.134. The molecule has 8 heteroatoms. The van der Waals surface area contributed by atoms with Crippen molar-refractivity contribution in [3.63, 3.8) is 0 Å². The van der Waals surface area contributed by atoms with E-state index in [9.17, 15) is 14.4 Å². The van der Waals surface area contributed by atoms with Crippen LogP contribution < -0.4 is 10.6 Å². The van der Waals surface area contributed by atoms with Crippen LogP contribution in [0.5, 0.6) is 0 Å². The number of piperazine rings is 1. The molecule has 0 bridgehead atoms. The van der Waals surface area contributed by atoms with Crippen LogP contribution in [0.15, 0.2) is 0 Å². The van der Waals surface area contributed by atoms with Crippen LogP contribution in [0.2, 0.25) is 0 Å². The normalized spacial score (nSPS) is 29.0. The van der Waals surface area contributed by atoms with Crippen molar-refractivity contribution in [2.75, 3.05) is 39.4 Å². The van der Waals surface area contributed by atoms with E-state index in [1.54, 1.807) is 0 Å². The van der Waals surface area contributed by atoms with E-state index in [1.807, 2.05) is 13.8 Å². The Balaban J connectivity index is 1.49. The quantitative estimate of drug-likeness (QED) is 0.659.